The third-order valence-corrected chi connectivity index (χ3v) is 5.66. The zero-order valence-corrected chi connectivity index (χ0v) is 16.2. The van der Waals surface area contributed by atoms with E-state index in [1.165, 1.54) is 18.2 Å². The SMILES string of the molecule is CC(C)(C)OC(=O)N1CC2(CC(=Cc3cccc(S(=O)C(F)(F)F)c3)C2)C1. The maximum Gasteiger partial charge on any atom is 0.475 e. The number of hydrogen-bond acceptors (Lipinski definition) is 3. The van der Waals surface area contributed by atoms with Crippen molar-refractivity contribution in [2.75, 3.05) is 13.1 Å². The molecule has 0 N–H and O–H groups in total. The molecular weight excluding hydrogens is 379 g/mol. The van der Waals surface area contributed by atoms with Gasteiger partial charge in [0.1, 0.15) is 5.60 Å². The highest BCUT2D eigenvalue weighted by atomic mass is 32.2. The van der Waals surface area contributed by atoms with Gasteiger partial charge in [-0.2, -0.15) is 13.2 Å². The lowest BCUT2D eigenvalue weighted by Gasteiger charge is -2.56. The highest BCUT2D eigenvalue weighted by molar-refractivity contribution is 7.86. The van der Waals surface area contributed by atoms with Crippen molar-refractivity contribution in [1.29, 1.82) is 0 Å². The predicted octanol–water partition coefficient (Wildman–Crippen LogP) is 4.73. The van der Waals surface area contributed by atoms with E-state index in [1.54, 1.807) is 11.0 Å². The van der Waals surface area contributed by atoms with Crippen LogP contribution in [-0.4, -0.2) is 39.4 Å². The van der Waals surface area contributed by atoms with Crippen LogP contribution in [0.3, 0.4) is 0 Å². The van der Waals surface area contributed by atoms with Crippen LogP contribution in [0.4, 0.5) is 18.0 Å². The fourth-order valence-corrected chi connectivity index (χ4v) is 4.26. The molecule has 2 aliphatic rings. The number of carbonyl (C=O) groups is 1. The minimum absolute atomic E-state index is 0.0646. The third kappa shape index (κ3) is 4.54. The van der Waals surface area contributed by atoms with Crippen molar-refractivity contribution in [2.45, 2.75) is 49.6 Å². The zero-order valence-electron chi connectivity index (χ0n) is 15.4. The highest BCUT2D eigenvalue weighted by Gasteiger charge is 2.52. The Labute approximate surface area is 158 Å². The monoisotopic (exact) mass is 401 g/mol. The lowest BCUT2D eigenvalue weighted by atomic mass is 9.60. The van der Waals surface area contributed by atoms with Crippen molar-refractivity contribution >= 4 is 23.0 Å². The van der Waals surface area contributed by atoms with Gasteiger partial charge in [-0.3, -0.25) is 0 Å². The van der Waals surface area contributed by atoms with E-state index in [-0.39, 0.29) is 16.4 Å². The summed E-state index contributed by atoms with van der Waals surface area (Å²) in [5.74, 6) is 0. The standard InChI is InChI=1S/C19H22F3NO3S/c1-17(2,3)26-16(24)23-11-18(12-23)9-14(10-18)7-13-5-4-6-15(8-13)27(25)19(20,21)22/h4-8H,9-12H2,1-3H3. The molecule has 1 heterocycles. The Morgan fingerprint density at radius 2 is 1.85 bits per heavy atom. The van der Waals surface area contributed by atoms with E-state index >= 15 is 0 Å². The van der Waals surface area contributed by atoms with Crippen LogP contribution in [0, 0.1) is 5.41 Å². The number of likely N-dealkylation sites (tertiary alicyclic amines) is 1. The summed E-state index contributed by atoms with van der Waals surface area (Å²) in [4.78, 5) is 13.4. The van der Waals surface area contributed by atoms with E-state index in [2.05, 4.69) is 0 Å². The summed E-state index contributed by atoms with van der Waals surface area (Å²) in [6, 6.07) is 5.71. The second kappa shape index (κ2) is 6.65. The maximum atomic E-state index is 12.6. The van der Waals surface area contributed by atoms with Gasteiger partial charge in [0.25, 0.3) is 0 Å². The summed E-state index contributed by atoms with van der Waals surface area (Å²) in [6.45, 7) is 6.74. The molecule has 1 unspecified atom stereocenters. The number of benzene rings is 1. The number of halogens is 3. The van der Waals surface area contributed by atoms with Gasteiger partial charge in [-0.1, -0.05) is 23.8 Å². The fraction of sp³-hybridized carbons (Fsp3) is 0.526. The van der Waals surface area contributed by atoms with E-state index in [1.807, 2.05) is 26.8 Å². The molecule has 1 atom stereocenters. The second-order valence-electron chi connectivity index (χ2n) is 8.28. The molecule has 1 saturated carbocycles. The minimum atomic E-state index is -4.76. The van der Waals surface area contributed by atoms with Crippen LogP contribution in [-0.2, 0) is 15.5 Å². The Bertz CT molecular complexity index is 795. The first-order valence-electron chi connectivity index (χ1n) is 8.63. The van der Waals surface area contributed by atoms with Crippen LogP contribution in [0.5, 0.6) is 0 Å². The zero-order chi connectivity index (χ0) is 20.0. The maximum absolute atomic E-state index is 12.6. The van der Waals surface area contributed by atoms with E-state index in [9.17, 15) is 22.2 Å². The number of allylic oxidation sites excluding steroid dienone is 1. The van der Waals surface area contributed by atoms with Crippen LogP contribution in [0.25, 0.3) is 6.08 Å². The molecule has 148 valence electrons. The van der Waals surface area contributed by atoms with E-state index in [0.29, 0.717) is 18.7 Å². The topological polar surface area (TPSA) is 46.6 Å². The molecule has 3 rings (SSSR count). The summed E-state index contributed by atoms with van der Waals surface area (Å²) < 4.78 is 54.6. The average molecular weight is 401 g/mol. The van der Waals surface area contributed by atoms with Crippen LogP contribution in [0.2, 0.25) is 0 Å². The minimum Gasteiger partial charge on any atom is -0.444 e. The van der Waals surface area contributed by atoms with Crippen molar-refractivity contribution in [3.05, 3.63) is 35.4 Å². The molecule has 1 aliphatic carbocycles. The molecule has 0 aromatic heterocycles. The summed E-state index contributed by atoms with van der Waals surface area (Å²) in [5, 5.41) is 0. The number of nitrogens with zero attached hydrogens (tertiary/aromatic N) is 1. The average Bonchev–Trinajstić information content (AvgIpc) is 2.44. The number of amides is 1. The van der Waals surface area contributed by atoms with Gasteiger partial charge >= 0.3 is 11.6 Å². The Morgan fingerprint density at radius 3 is 2.41 bits per heavy atom. The third-order valence-electron chi connectivity index (χ3n) is 4.56. The van der Waals surface area contributed by atoms with E-state index < -0.39 is 21.9 Å². The number of hydrogen-bond donors (Lipinski definition) is 0. The number of rotatable bonds is 2. The first-order chi connectivity index (χ1) is 12.4. The second-order valence-corrected chi connectivity index (χ2v) is 9.75. The molecule has 4 nitrogen and oxygen atoms in total. The number of alkyl halides is 3. The summed E-state index contributed by atoms with van der Waals surface area (Å²) in [5.41, 5.74) is -3.49. The van der Waals surface area contributed by atoms with Crippen LogP contribution in [0.15, 0.2) is 34.7 Å². The molecule has 1 aromatic carbocycles. The molecule has 0 radical (unpaired) electrons. The number of ether oxygens (including phenoxy) is 1. The molecule has 1 aromatic rings. The van der Waals surface area contributed by atoms with Crippen molar-refractivity contribution in [3.8, 4) is 0 Å². The van der Waals surface area contributed by atoms with Gasteiger partial charge in [0.15, 0.2) is 10.8 Å². The lowest BCUT2D eigenvalue weighted by Crippen LogP contribution is -2.62. The first-order valence-corrected chi connectivity index (χ1v) is 9.78. The van der Waals surface area contributed by atoms with Crippen LogP contribution >= 0.6 is 0 Å². The fourth-order valence-electron chi connectivity index (χ4n) is 3.55. The molecule has 1 amide bonds. The summed E-state index contributed by atoms with van der Waals surface area (Å²) in [6.07, 6.45) is 3.14. The number of carbonyl (C=O) groups excluding carboxylic acids is 1. The quantitative estimate of drug-likeness (QED) is 0.720. The molecule has 1 spiro atoms. The van der Waals surface area contributed by atoms with Crippen molar-refractivity contribution in [3.63, 3.8) is 0 Å². The summed E-state index contributed by atoms with van der Waals surface area (Å²) in [7, 11) is -3.02. The van der Waals surface area contributed by atoms with Crippen LogP contribution < -0.4 is 0 Å². The molecule has 0 bridgehead atoms. The van der Waals surface area contributed by atoms with Crippen molar-refractivity contribution in [2.24, 2.45) is 5.41 Å². The van der Waals surface area contributed by atoms with Gasteiger partial charge in [0.05, 0.1) is 0 Å². The molecule has 1 saturated heterocycles. The summed E-state index contributed by atoms with van der Waals surface area (Å²) >= 11 is 0. The predicted molar refractivity (Wildman–Crippen MR) is 96.4 cm³/mol. The Hall–Kier alpha value is -1.83. The van der Waals surface area contributed by atoms with Gasteiger partial charge in [-0.15, -0.1) is 0 Å². The molecule has 1 aliphatic heterocycles. The Kier molecular flexibility index (Phi) is 4.91. The van der Waals surface area contributed by atoms with Gasteiger partial charge in [0.2, 0.25) is 0 Å². The smallest absolute Gasteiger partial charge is 0.444 e. The van der Waals surface area contributed by atoms with E-state index in [0.717, 1.165) is 18.4 Å². The van der Waals surface area contributed by atoms with Gasteiger partial charge < -0.3 is 9.64 Å². The van der Waals surface area contributed by atoms with E-state index in [4.69, 9.17) is 4.74 Å². The molecule has 8 heteroatoms. The molecule has 27 heavy (non-hydrogen) atoms. The van der Waals surface area contributed by atoms with Crippen LogP contribution in [0.1, 0.15) is 39.2 Å². The molecular formula is C19H22F3NO3S. The largest absolute Gasteiger partial charge is 0.475 e. The highest BCUT2D eigenvalue weighted by Crippen LogP contribution is 2.52. The van der Waals surface area contributed by atoms with Crippen molar-refractivity contribution in [1.82, 2.24) is 4.90 Å². The Morgan fingerprint density at radius 1 is 1.22 bits per heavy atom. The molecule has 2 fully saturated rings. The Balaban J connectivity index is 1.57. The lowest BCUT2D eigenvalue weighted by molar-refractivity contribution is -0.0499. The van der Waals surface area contributed by atoms with Gasteiger partial charge in [0, 0.05) is 23.4 Å². The normalized spacial score (nSPS) is 19.9. The van der Waals surface area contributed by atoms with Gasteiger partial charge in [-0.25, -0.2) is 9.00 Å². The van der Waals surface area contributed by atoms with Crippen molar-refractivity contribution < 1.29 is 26.9 Å². The van der Waals surface area contributed by atoms with Gasteiger partial charge in [-0.05, 0) is 51.3 Å². The first kappa shape index (κ1) is 19.9.